The van der Waals surface area contributed by atoms with Crippen LogP contribution in [0.2, 0.25) is 5.02 Å². The van der Waals surface area contributed by atoms with Gasteiger partial charge >= 0.3 is 0 Å². The van der Waals surface area contributed by atoms with Crippen LogP contribution >= 0.6 is 11.6 Å². The van der Waals surface area contributed by atoms with Gasteiger partial charge in [-0.3, -0.25) is 9.58 Å². The van der Waals surface area contributed by atoms with Gasteiger partial charge < -0.3 is 5.32 Å². The van der Waals surface area contributed by atoms with Crippen molar-refractivity contribution in [2.24, 2.45) is 13.0 Å². The van der Waals surface area contributed by atoms with E-state index >= 15 is 0 Å². The molecule has 1 atom stereocenters. The Morgan fingerprint density at radius 2 is 2.19 bits per heavy atom. The molecule has 0 radical (unpaired) electrons. The number of halogens is 1. The maximum Gasteiger partial charge on any atom is 0.0863 e. The number of piperidine rings is 1. The smallest absolute Gasteiger partial charge is 0.0863 e. The summed E-state index contributed by atoms with van der Waals surface area (Å²) in [6, 6.07) is 0. The Balaban J connectivity index is 1.92. The lowest BCUT2D eigenvalue weighted by atomic mass is 9.98. The van der Waals surface area contributed by atoms with Gasteiger partial charge in [0.25, 0.3) is 0 Å². The summed E-state index contributed by atoms with van der Waals surface area (Å²) < 4.78 is 1.96. The zero-order chi connectivity index (χ0) is 15.2. The highest BCUT2D eigenvalue weighted by molar-refractivity contribution is 6.31. The average molecular weight is 313 g/mol. The first-order chi connectivity index (χ1) is 10.2. The molecule has 5 heteroatoms. The topological polar surface area (TPSA) is 33.1 Å². The molecule has 1 aliphatic rings. The van der Waals surface area contributed by atoms with Crippen LogP contribution in [0.15, 0.2) is 0 Å². The van der Waals surface area contributed by atoms with Gasteiger partial charge in [0.15, 0.2) is 0 Å². The van der Waals surface area contributed by atoms with Crippen molar-refractivity contribution in [2.75, 3.05) is 26.2 Å². The third-order valence-electron chi connectivity index (χ3n) is 4.34. The van der Waals surface area contributed by atoms with Gasteiger partial charge in [-0.2, -0.15) is 5.10 Å². The molecule has 1 aliphatic heterocycles. The van der Waals surface area contributed by atoms with E-state index in [1.807, 2.05) is 11.7 Å². The van der Waals surface area contributed by atoms with E-state index in [0.29, 0.717) is 0 Å². The highest BCUT2D eigenvalue weighted by atomic mass is 35.5. The summed E-state index contributed by atoms with van der Waals surface area (Å²) in [5, 5.41) is 8.94. The Kier molecular flexibility index (Phi) is 6.52. The van der Waals surface area contributed by atoms with Crippen molar-refractivity contribution in [3.63, 3.8) is 0 Å². The molecule has 0 spiro atoms. The van der Waals surface area contributed by atoms with Crippen molar-refractivity contribution in [1.82, 2.24) is 20.0 Å². The van der Waals surface area contributed by atoms with E-state index in [-0.39, 0.29) is 0 Å². The molecule has 120 valence electrons. The molecule has 0 saturated carbocycles. The molecule has 0 amide bonds. The van der Waals surface area contributed by atoms with Crippen LogP contribution in [0, 0.1) is 5.92 Å². The largest absolute Gasteiger partial charge is 0.316 e. The predicted molar refractivity (Wildman–Crippen MR) is 88.8 cm³/mol. The molecule has 4 nitrogen and oxygen atoms in total. The molecule has 1 fully saturated rings. The average Bonchev–Trinajstić information content (AvgIpc) is 2.75. The number of nitrogens with zero attached hydrogens (tertiary/aromatic N) is 3. The summed E-state index contributed by atoms with van der Waals surface area (Å²) in [5.74, 6) is 0.767. The van der Waals surface area contributed by atoms with Crippen molar-refractivity contribution in [3.8, 4) is 0 Å². The fraction of sp³-hybridized carbons (Fsp3) is 0.812. The number of aromatic nitrogens is 2. The minimum atomic E-state index is 0.767. The van der Waals surface area contributed by atoms with E-state index in [2.05, 4.69) is 29.2 Å². The van der Waals surface area contributed by atoms with Crippen LogP contribution in [-0.4, -0.2) is 40.9 Å². The molecule has 2 rings (SSSR count). The van der Waals surface area contributed by atoms with Crippen LogP contribution in [0.25, 0.3) is 0 Å². The maximum atomic E-state index is 6.47. The van der Waals surface area contributed by atoms with E-state index in [9.17, 15) is 0 Å². The van der Waals surface area contributed by atoms with Crippen molar-refractivity contribution in [2.45, 2.75) is 46.1 Å². The van der Waals surface area contributed by atoms with Crippen molar-refractivity contribution in [1.29, 1.82) is 0 Å². The van der Waals surface area contributed by atoms with Gasteiger partial charge in [0.1, 0.15) is 0 Å². The molecule has 0 bridgehead atoms. The minimum absolute atomic E-state index is 0.767. The van der Waals surface area contributed by atoms with Gasteiger partial charge in [-0.05, 0) is 51.2 Å². The summed E-state index contributed by atoms with van der Waals surface area (Å²) in [4.78, 5) is 2.53. The van der Waals surface area contributed by atoms with E-state index in [1.165, 1.54) is 32.4 Å². The van der Waals surface area contributed by atoms with Gasteiger partial charge in [-0.1, -0.05) is 25.4 Å². The lowest BCUT2D eigenvalue weighted by Gasteiger charge is -2.32. The summed E-state index contributed by atoms with van der Waals surface area (Å²) >= 11 is 6.47. The Bertz CT molecular complexity index is 444. The van der Waals surface area contributed by atoms with E-state index in [0.717, 1.165) is 48.4 Å². The Hall–Kier alpha value is -0.580. The first-order valence-corrected chi connectivity index (χ1v) is 8.66. The van der Waals surface area contributed by atoms with E-state index in [4.69, 9.17) is 11.6 Å². The standard InChI is InChI=1S/C16H29ClN4/c1-4-8-18-10-13-7-6-9-21(11-13)12-15-16(17)14(5-2)19-20(15)3/h13,18H,4-12H2,1-3H3. The molecule has 1 N–H and O–H groups in total. The fourth-order valence-electron chi connectivity index (χ4n) is 3.15. The Morgan fingerprint density at radius 1 is 1.38 bits per heavy atom. The summed E-state index contributed by atoms with van der Waals surface area (Å²) in [6.45, 7) is 9.86. The first kappa shape index (κ1) is 16.8. The lowest BCUT2D eigenvalue weighted by molar-refractivity contribution is 0.162. The Morgan fingerprint density at radius 3 is 2.86 bits per heavy atom. The monoisotopic (exact) mass is 312 g/mol. The zero-order valence-corrected chi connectivity index (χ0v) is 14.4. The van der Waals surface area contributed by atoms with Crippen molar-refractivity contribution >= 4 is 11.6 Å². The third kappa shape index (κ3) is 4.44. The molecule has 1 aromatic rings. The molecule has 21 heavy (non-hydrogen) atoms. The SMILES string of the molecule is CCCNCC1CCCN(Cc2c(Cl)c(CC)nn2C)C1. The van der Waals surface area contributed by atoms with Gasteiger partial charge in [0.2, 0.25) is 0 Å². The molecular weight excluding hydrogens is 284 g/mol. The summed E-state index contributed by atoms with van der Waals surface area (Å²) in [5.41, 5.74) is 2.18. The van der Waals surface area contributed by atoms with Gasteiger partial charge in [0.05, 0.1) is 16.4 Å². The number of aryl methyl sites for hydroxylation is 2. The molecule has 1 unspecified atom stereocenters. The molecular formula is C16H29ClN4. The van der Waals surface area contributed by atoms with Crippen LogP contribution < -0.4 is 5.32 Å². The number of nitrogens with one attached hydrogen (secondary N) is 1. The van der Waals surface area contributed by atoms with Crippen LogP contribution in [0.4, 0.5) is 0 Å². The first-order valence-electron chi connectivity index (χ1n) is 8.29. The summed E-state index contributed by atoms with van der Waals surface area (Å²) in [7, 11) is 2.00. The number of rotatable bonds is 7. The highest BCUT2D eigenvalue weighted by Crippen LogP contribution is 2.24. The van der Waals surface area contributed by atoms with Crippen LogP contribution in [0.5, 0.6) is 0 Å². The molecule has 0 aromatic carbocycles. The third-order valence-corrected chi connectivity index (χ3v) is 4.78. The second kappa shape index (κ2) is 8.16. The van der Waals surface area contributed by atoms with Crippen molar-refractivity contribution < 1.29 is 0 Å². The van der Waals surface area contributed by atoms with E-state index < -0.39 is 0 Å². The number of hydrogen-bond acceptors (Lipinski definition) is 3. The van der Waals surface area contributed by atoms with Crippen molar-refractivity contribution in [3.05, 3.63) is 16.4 Å². The highest BCUT2D eigenvalue weighted by Gasteiger charge is 2.22. The number of likely N-dealkylation sites (tertiary alicyclic amines) is 1. The second-order valence-corrected chi connectivity index (χ2v) is 6.51. The second-order valence-electron chi connectivity index (χ2n) is 6.13. The minimum Gasteiger partial charge on any atom is -0.316 e. The Labute approximate surface area is 133 Å². The lowest BCUT2D eigenvalue weighted by Crippen LogP contribution is -2.39. The summed E-state index contributed by atoms with van der Waals surface area (Å²) in [6.07, 6.45) is 4.73. The molecule has 2 heterocycles. The van der Waals surface area contributed by atoms with Gasteiger partial charge in [0, 0.05) is 20.1 Å². The number of hydrogen-bond donors (Lipinski definition) is 1. The van der Waals surface area contributed by atoms with Crippen LogP contribution in [0.3, 0.4) is 0 Å². The normalized spacial score (nSPS) is 20.1. The zero-order valence-electron chi connectivity index (χ0n) is 13.7. The fourth-order valence-corrected chi connectivity index (χ4v) is 3.50. The van der Waals surface area contributed by atoms with Gasteiger partial charge in [-0.15, -0.1) is 0 Å². The molecule has 1 saturated heterocycles. The maximum absolute atomic E-state index is 6.47. The van der Waals surface area contributed by atoms with Crippen LogP contribution in [-0.2, 0) is 20.0 Å². The van der Waals surface area contributed by atoms with E-state index in [1.54, 1.807) is 0 Å². The van der Waals surface area contributed by atoms with Gasteiger partial charge in [-0.25, -0.2) is 0 Å². The predicted octanol–water partition coefficient (Wildman–Crippen LogP) is 2.85. The van der Waals surface area contributed by atoms with Crippen LogP contribution in [0.1, 0.15) is 44.5 Å². The quantitative estimate of drug-likeness (QED) is 0.786. The molecule has 0 aliphatic carbocycles. The molecule has 1 aromatic heterocycles.